The quantitative estimate of drug-likeness (QED) is 0.733. The lowest BCUT2D eigenvalue weighted by atomic mass is 10.2. The van der Waals surface area contributed by atoms with Gasteiger partial charge in [-0.05, 0) is 26.2 Å². The molecule has 2 rings (SSSR count). The average Bonchev–Trinajstić information content (AvgIpc) is 3.13. The van der Waals surface area contributed by atoms with Crippen LogP contribution in [0.15, 0.2) is 0 Å². The molecule has 1 aromatic heterocycles. The zero-order valence-corrected chi connectivity index (χ0v) is 12.9. The molecule has 4 heteroatoms. The van der Waals surface area contributed by atoms with Crippen molar-refractivity contribution < 1.29 is 0 Å². The van der Waals surface area contributed by atoms with Gasteiger partial charge in [-0.15, -0.1) is 0 Å². The summed E-state index contributed by atoms with van der Waals surface area (Å²) in [6, 6.07) is 0.748. The lowest BCUT2D eigenvalue weighted by Crippen LogP contribution is -2.24. The molecule has 1 N–H and O–H groups in total. The third-order valence-electron chi connectivity index (χ3n) is 3.92. The van der Waals surface area contributed by atoms with Crippen LogP contribution in [0.25, 0.3) is 0 Å². The first kappa shape index (κ1) is 14.4. The zero-order chi connectivity index (χ0) is 13.8. The fraction of sp³-hybridized carbons (Fsp3) is 0.800. The fourth-order valence-corrected chi connectivity index (χ4v) is 2.61. The first-order valence-electron chi connectivity index (χ1n) is 7.60. The average molecular weight is 264 g/mol. The minimum Gasteiger partial charge on any atom is -0.360 e. The van der Waals surface area contributed by atoms with Gasteiger partial charge in [0.25, 0.3) is 0 Å². The van der Waals surface area contributed by atoms with E-state index >= 15 is 0 Å². The van der Waals surface area contributed by atoms with Gasteiger partial charge in [-0.25, -0.2) is 0 Å². The topological polar surface area (TPSA) is 33.1 Å². The number of nitrogens with one attached hydrogen (secondary N) is 1. The Hall–Kier alpha value is -1.03. The number of unbranched alkanes of at least 4 members (excludes halogenated alkanes) is 2. The number of nitrogens with zero attached hydrogens (tertiary/aromatic N) is 3. The first-order chi connectivity index (χ1) is 9.13. The molecular weight excluding hydrogens is 236 g/mol. The van der Waals surface area contributed by atoms with Gasteiger partial charge < -0.3 is 10.2 Å². The van der Waals surface area contributed by atoms with Crippen LogP contribution in [0.4, 0.5) is 5.82 Å². The molecule has 1 aliphatic rings. The molecule has 108 valence electrons. The summed E-state index contributed by atoms with van der Waals surface area (Å²) in [5.41, 5.74) is 2.53. The fourth-order valence-electron chi connectivity index (χ4n) is 2.61. The molecular formula is C15H28N4. The van der Waals surface area contributed by atoms with Crippen molar-refractivity contribution in [1.82, 2.24) is 15.1 Å². The van der Waals surface area contributed by atoms with Gasteiger partial charge in [-0.3, -0.25) is 4.68 Å². The number of aromatic nitrogens is 2. The van der Waals surface area contributed by atoms with Gasteiger partial charge in [0.15, 0.2) is 0 Å². The highest BCUT2D eigenvalue weighted by atomic mass is 15.4. The van der Waals surface area contributed by atoms with E-state index in [4.69, 9.17) is 0 Å². The summed E-state index contributed by atoms with van der Waals surface area (Å²) < 4.78 is 2.03. The van der Waals surface area contributed by atoms with E-state index in [0.717, 1.165) is 24.8 Å². The van der Waals surface area contributed by atoms with E-state index in [0.29, 0.717) is 0 Å². The van der Waals surface area contributed by atoms with Gasteiger partial charge in [-0.1, -0.05) is 19.8 Å². The number of anilines is 1. The molecule has 0 amide bonds. The standard InChI is InChI=1S/C15H28N4/c1-5-6-7-10-18(3)15-14(11-16-13-8-9-13)12(2)17-19(15)4/h13,16H,5-11H2,1-4H3. The third-order valence-corrected chi connectivity index (χ3v) is 3.92. The van der Waals surface area contributed by atoms with Crippen LogP contribution in [-0.2, 0) is 13.6 Å². The summed E-state index contributed by atoms with van der Waals surface area (Å²) in [6.45, 7) is 6.44. The molecule has 0 aromatic carbocycles. The second-order valence-electron chi connectivity index (χ2n) is 5.80. The van der Waals surface area contributed by atoms with Crippen LogP contribution >= 0.6 is 0 Å². The Kier molecular flexibility index (Phi) is 4.86. The Morgan fingerprint density at radius 1 is 1.37 bits per heavy atom. The van der Waals surface area contributed by atoms with E-state index in [9.17, 15) is 0 Å². The molecule has 4 nitrogen and oxygen atoms in total. The molecule has 1 fully saturated rings. The minimum atomic E-state index is 0.748. The molecule has 0 atom stereocenters. The lowest BCUT2D eigenvalue weighted by Gasteiger charge is -2.21. The third kappa shape index (κ3) is 3.72. The van der Waals surface area contributed by atoms with Gasteiger partial charge in [0.05, 0.1) is 5.69 Å². The second kappa shape index (κ2) is 6.42. The SMILES string of the molecule is CCCCCN(C)c1c(CNC2CC2)c(C)nn1C. The van der Waals surface area contributed by atoms with E-state index in [1.54, 1.807) is 0 Å². The monoisotopic (exact) mass is 264 g/mol. The van der Waals surface area contributed by atoms with Crippen LogP contribution in [0.1, 0.15) is 50.3 Å². The summed E-state index contributed by atoms with van der Waals surface area (Å²) >= 11 is 0. The summed E-state index contributed by atoms with van der Waals surface area (Å²) in [4.78, 5) is 2.36. The maximum atomic E-state index is 4.59. The van der Waals surface area contributed by atoms with Crippen molar-refractivity contribution in [3.05, 3.63) is 11.3 Å². The molecule has 0 bridgehead atoms. The Morgan fingerprint density at radius 2 is 2.11 bits per heavy atom. The minimum absolute atomic E-state index is 0.748. The van der Waals surface area contributed by atoms with Crippen molar-refractivity contribution in [2.75, 3.05) is 18.5 Å². The van der Waals surface area contributed by atoms with Gasteiger partial charge >= 0.3 is 0 Å². The van der Waals surface area contributed by atoms with Crippen LogP contribution in [0, 0.1) is 6.92 Å². The van der Waals surface area contributed by atoms with Crippen LogP contribution in [-0.4, -0.2) is 29.4 Å². The highest BCUT2D eigenvalue weighted by Crippen LogP contribution is 2.25. The number of hydrogen-bond acceptors (Lipinski definition) is 3. The summed E-state index contributed by atoms with van der Waals surface area (Å²) in [7, 11) is 4.24. The molecule has 0 unspecified atom stereocenters. The molecule has 19 heavy (non-hydrogen) atoms. The van der Waals surface area contributed by atoms with E-state index < -0.39 is 0 Å². The molecule has 0 saturated heterocycles. The Bertz CT molecular complexity index is 407. The second-order valence-corrected chi connectivity index (χ2v) is 5.80. The smallest absolute Gasteiger partial charge is 0.131 e. The normalized spacial score (nSPS) is 14.9. The first-order valence-corrected chi connectivity index (χ1v) is 7.60. The van der Waals surface area contributed by atoms with Gasteiger partial charge in [-0.2, -0.15) is 5.10 Å². The summed E-state index contributed by atoms with van der Waals surface area (Å²) in [5, 5.41) is 8.20. The van der Waals surface area contributed by atoms with Crippen LogP contribution in [0.2, 0.25) is 0 Å². The molecule has 0 spiro atoms. The molecule has 0 radical (unpaired) electrons. The predicted octanol–water partition coefficient (Wildman–Crippen LogP) is 2.61. The van der Waals surface area contributed by atoms with E-state index in [1.807, 2.05) is 4.68 Å². The van der Waals surface area contributed by atoms with Crippen molar-refractivity contribution >= 4 is 5.82 Å². The predicted molar refractivity (Wildman–Crippen MR) is 80.6 cm³/mol. The van der Waals surface area contributed by atoms with E-state index in [1.165, 1.54) is 43.5 Å². The number of rotatable bonds is 8. The van der Waals surface area contributed by atoms with Gasteiger partial charge in [0, 0.05) is 38.8 Å². The van der Waals surface area contributed by atoms with E-state index in [-0.39, 0.29) is 0 Å². The Balaban J connectivity index is 2.03. The summed E-state index contributed by atoms with van der Waals surface area (Å²) in [6.07, 6.45) is 6.50. The lowest BCUT2D eigenvalue weighted by molar-refractivity contribution is 0.663. The molecule has 1 heterocycles. The Morgan fingerprint density at radius 3 is 2.74 bits per heavy atom. The van der Waals surface area contributed by atoms with Crippen LogP contribution in [0.3, 0.4) is 0 Å². The van der Waals surface area contributed by atoms with Crippen molar-refractivity contribution in [2.45, 2.75) is 58.5 Å². The molecule has 0 aliphatic heterocycles. The molecule has 1 saturated carbocycles. The Labute approximate surface area is 117 Å². The zero-order valence-electron chi connectivity index (χ0n) is 12.9. The van der Waals surface area contributed by atoms with Crippen LogP contribution in [0.5, 0.6) is 0 Å². The van der Waals surface area contributed by atoms with Crippen molar-refractivity contribution in [1.29, 1.82) is 0 Å². The summed E-state index contributed by atoms with van der Waals surface area (Å²) in [5.74, 6) is 1.28. The highest BCUT2D eigenvalue weighted by molar-refractivity contribution is 5.49. The largest absolute Gasteiger partial charge is 0.360 e. The van der Waals surface area contributed by atoms with Crippen molar-refractivity contribution in [3.63, 3.8) is 0 Å². The maximum absolute atomic E-state index is 4.59. The van der Waals surface area contributed by atoms with Crippen molar-refractivity contribution in [3.8, 4) is 0 Å². The van der Waals surface area contributed by atoms with Gasteiger partial charge in [0.2, 0.25) is 0 Å². The van der Waals surface area contributed by atoms with Crippen LogP contribution < -0.4 is 10.2 Å². The van der Waals surface area contributed by atoms with Crippen molar-refractivity contribution in [2.24, 2.45) is 7.05 Å². The van der Waals surface area contributed by atoms with Gasteiger partial charge in [0.1, 0.15) is 5.82 Å². The molecule has 1 aromatic rings. The number of hydrogen-bond donors (Lipinski definition) is 1. The molecule has 1 aliphatic carbocycles. The number of aryl methyl sites for hydroxylation is 2. The van der Waals surface area contributed by atoms with E-state index in [2.05, 4.69) is 43.3 Å². The highest BCUT2D eigenvalue weighted by Gasteiger charge is 2.23. The maximum Gasteiger partial charge on any atom is 0.131 e.